The second kappa shape index (κ2) is 9.92. The van der Waals surface area contributed by atoms with Crippen LogP contribution in [0.25, 0.3) is 0 Å². The minimum absolute atomic E-state index is 0.136. The van der Waals surface area contributed by atoms with Gasteiger partial charge < -0.3 is 11.1 Å². The number of nitrogens with two attached hydrogens (primary N) is 1. The van der Waals surface area contributed by atoms with E-state index in [0.717, 1.165) is 16.1 Å². The number of amides is 2. The van der Waals surface area contributed by atoms with E-state index in [9.17, 15) is 18.0 Å². The molecular formula is C22H27N5O4S. The first-order chi connectivity index (χ1) is 15.1. The Hall–Kier alpha value is -3.24. The van der Waals surface area contributed by atoms with E-state index < -0.39 is 15.9 Å². The lowest BCUT2D eigenvalue weighted by Gasteiger charge is -2.29. The maximum absolute atomic E-state index is 12.9. The fraction of sp³-hybridized carbons (Fsp3) is 0.318. The number of hydrogen-bond acceptors (Lipinski definition) is 6. The third-order valence-corrected chi connectivity index (χ3v) is 6.42. The lowest BCUT2D eigenvalue weighted by Crippen LogP contribution is -2.49. The van der Waals surface area contributed by atoms with Gasteiger partial charge in [0.25, 0.3) is 5.91 Å². The van der Waals surface area contributed by atoms with Gasteiger partial charge in [-0.25, -0.2) is 13.4 Å². The van der Waals surface area contributed by atoms with Crippen LogP contribution < -0.4 is 15.9 Å². The molecule has 10 heteroatoms. The summed E-state index contributed by atoms with van der Waals surface area (Å²) in [6.07, 6.45) is 0.340. The number of rotatable bonds is 8. The Bertz CT molecular complexity index is 1150. The average molecular weight is 458 g/mol. The second-order valence-electron chi connectivity index (χ2n) is 7.74. The van der Waals surface area contributed by atoms with Crippen LogP contribution in [-0.4, -0.2) is 36.8 Å². The van der Waals surface area contributed by atoms with Gasteiger partial charge >= 0.3 is 0 Å². The van der Waals surface area contributed by atoms with Crippen molar-refractivity contribution in [2.45, 2.75) is 39.0 Å². The molecule has 3 rings (SSSR count). The van der Waals surface area contributed by atoms with Gasteiger partial charge in [0, 0.05) is 24.4 Å². The molecule has 2 amide bonds. The van der Waals surface area contributed by atoms with Gasteiger partial charge in [-0.15, -0.1) is 4.83 Å². The summed E-state index contributed by atoms with van der Waals surface area (Å²) < 4.78 is 25.0. The largest absolute Gasteiger partial charge is 0.384 e. The number of aromatic nitrogens is 1. The van der Waals surface area contributed by atoms with Crippen LogP contribution >= 0.6 is 0 Å². The number of benzene rings is 1. The highest BCUT2D eigenvalue weighted by Gasteiger charge is 2.29. The third-order valence-electron chi connectivity index (χ3n) is 5.21. The van der Waals surface area contributed by atoms with Gasteiger partial charge in [0.2, 0.25) is 15.9 Å². The quantitative estimate of drug-likeness (QED) is 0.551. The molecular weight excluding hydrogens is 430 g/mol. The molecule has 0 atom stereocenters. The van der Waals surface area contributed by atoms with Crippen molar-refractivity contribution in [2.75, 3.05) is 12.3 Å². The molecule has 0 unspecified atom stereocenters. The van der Waals surface area contributed by atoms with Gasteiger partial charge in [-0.3, -0.25) is 14.6 Å². The van der Waals surface area contributed by atoms with Gasteiger partial charge in [0.1, 0.15) is 5.82 Å². The third kappa shape index (κ3) is 6.14. The lowest BCUT2D eigenvalue weighted by molar-refractivity contribution is -0.131. The van der Waals surface area contributed by atoms with E-state index in [1.165, 1.54) is 0 Å². The molecule has 1 aromatic carbocycles. The molecule has 0 spiro atoms. The van der Waals surface area contributed by atoms with Crippen molar-refractivity contribution >= 4 is 27.7 Å². The standard InChI is InChI=1S/C22H27N5O4S/c1-15-10-11-27(26-32(30,31)14-17-6-4-3-5-7-17)22(29)19(15)12-21(28)24-13-18-8-9-20(23)25-16(18)2/h3-9,26H,10-14H2,1-2H3,(H2,23,25)(H,24,28). The van der Waals surface area contributed by atoms with Gasteiger partial charge in [0.15, 0.2) is 0 Å². The molecule has 2 heterocycles. The van der Waals surface area contributed by atoms with E-state index in [4.69, 9.17) is 5.73 Å². The predicted octanol–water partition coefficient (Wildman–Crippen LogP) is 1.56. The molecule has 1 aliphatic heterocycles. The van der Waals surface area contributed by atoms with Crippen molar-refractivity contribution < 1.29 is 18.0 Å². The molecule has 0 aliphatic carbocycles. The van der Waals surface area contributed by atoms with Crippen molar-refractivity contribution in [2.24, 2.45) is 0 Å². The summed E-state index contributed by atoms with van der Waals surface area (Å²) in [6, 6.07) is 12.2. The maximum Gasteiger partial charge on any atom is 0.265 e. The molecule has 32 heavy (non-hydrogen) atoms. The SMILES string of the molecule is CC1=C(CC(=O)NCc2ccc(N)nc2C)C(=O)N(NS(=O)(=O)Cc2ccccc2)CC1. The van der Waals surface area contributed by atoms with Crippen LogP contribution in [0.4, 0.5) is 5.82 Å². The van der Waals surface area contributed by atoms with E-state index >= 15 is 0 Å². The minimum Gasteiger partial charge on any atom is -0.384 e. The highest BCUT2D eigenvalue weighted by molar-refractivity contribution is 7.88. The first-order valence-electron chi connectivity index (χ1n) is 10.2. The van der Waals surface area contributed by atoms with Gasteiger partial charge in [-0.1, -0.05) is 42.0 Å². The number of nitrogens with zero attached hydrogens (tertiary/aromatic N) is 2. The molecule has 1 aliphatic rings. The average Bonchev–Trinajstić information content (AvgIpc) is 2.73. The Labute approximate surface area is 187 Å². The molecule has 9 nitrogen and oxygen atoms in total. The van der Waals surface area contributed by atoms with Crippen LogP contribution in [0.1, 0.15) is 36.6 Å². The second-order valence-corrected chi connectivity index (χ2v) is 9.44. The topological polar surface area (TPSA) is 134 Å². The molecule has 0 bridgehead atoms. The summed E-state index contributed by atoms with van der Waals surface area (Å²) in [5, 5.41) is 3.85. The number of carbonyl (C=O) groups excluding carboxylic acids is 2. The Morgan fingerprint density at radius 2 is 1.88 bits per heavy atom. The predicted molar refractivity (Wildman–Crippen MR) is 121 cm³/mol. The zero-order chi connectivity index (χ0) is 23.3. The highest BCUT2D eigenvalue weighted by atomic mass is 32.2. The number of pyridine rings is 1. The van der Waals surface area contributed by atoms with Crippen molar-refractivity contribution in [3.05, 3.63) is 70.4 Å². The number of nitrogens with one attached hydrogen (secondary N) is 2. The Morgan fingerprint density at radius 1 is 1.16 bits per heavy atom. The number of carbonyl (C=O) groups is 2. The molecule has 0 fully saturated rings. The Kier molecular flexibility index (Phi) is 7.26. The van der Waals surface area contributed by atoms with Crippen LogP contribution in [0.5, 0.6) is 0 Å². The van der Waals surface area contributed by atoms with Gasteiger partial charge in [0.05, 0.1) is 12.2 Å². The summed E-state index contributed by atoms with van der Waals surface area (Å²) in [5.41, 5.74) is 8.86. The summed E-state index contributed by atoms with van der Waals surface area (Å²) in [6.45, 7) is 4.05. The van der Waals surface area contributed by atoms with Crippen LogP contribution in [0.2, 0.25) is 0 Å². The molecule has 2 aromatic rings. The first kappa shape index (κ1) is 23.4. The number of nitrogen functional groups attached to an aromatic ring is 1. The monoisotopic (exact) mass is 457 g/mol. The minimum atomic E-state index is -3.78. The van der Waals surface area contributed by atoms with Gasteiger partial charge in [-0.05, 0) is 37.5 Å². The van der Waals surface area contributed by atoms with Crippen molar-refractivity contribution in [1.29, 1.82) is 0 Å². The normalized spacial score (nSPS) is 14.6. The van der Waals surface area contributed by atoms with Crippen molar-refractivity contribution in [3.8, 4) is 0 Å². The maximum atomic E-state index is 12.9. The Morgan fingerprint density at radius 3 is 2.56 bits per heavy atom. The number of aryl methyl sites for hydroxylation is 1. The number of hydrogen-bond donors (Lipinski definition) is 3. The van der Waals surface area contributed by atoms with E-state index in [0.29, 0.717) is 29.1 Å². The zero-order valence-electron chi connectivity index (χ0n) is 18.1. The summed E-state index contributed by atoms with van der Waals surface area (Å²) in [4.78, 5) is 31.9. The fourth-order valence-electron chi connectivity index (χ4n) is 3.40. The van der Waals surface area contributed by atoms with Crippen LogP contribution in [0, 0.1) is 6.92 Å². The van der Waals surface area contributed by atoms with Crippen molar-refractivity contribution in [3.63, 3.8) is 0 Å². The smallest absolute Gasteiger partial charge is 0.265 e. The molecule has 170 valence electrons. The van der Waals surface area contributed by atoms with Crippen molar-refractivity contribution in [1.82, 2.24) is 20.1 Å². The molecule has 1 aromatic heterocycles. The van der Waals surface area contributed by atoms with E-state index in [1.54, 1.807) is 56.3 Å². The van der Waals surface area contributed by atoms with Crippen LogP contribution in [-0.2, 0) is 31.9 Å². The highest BCUT2D eigenvalue weighted by Crippen LogP contribution is 2.21. The van der Waals surface area contributed by atoms with E-state index in [1.807, 2.05) is 0 Å². The summed E-state index contributed by atoms with van der Waals surface area (Å²) in [7, 11) is -3.78. The lowest BCUT2D eigenvalue weighted by atomic mass is 9.98. The number of sulfonamides is 1. The zero-order valence-corrected chi connectivity index (χ0v) is 18.9. The van der Waals surface area contributed by atoms with E-state index in [2.05, 4.69) is 15.1 Å². The number of anilines is 1. The number of hydrazine groups is 1. The molecule has 0 saturated carbocycles. The van der Waals surface area contributed by atoms with Gasteiger partial charge in [-0.2, -0.15) is 0 Å². The fourth-order valence-corrected chi connectivity index (χ4v) is 4.60. The molecule has 4 N–H and O–H groups in total. The van der Waals surface area contributed by atoms with Crippen LogP contribution in [0.15, 0.2) is 53.6 Å². The molecule has 0 saturated heterocycles. The molecule has 0 radical (unpaired) electrons. The summed E-state index contributed by atoms with van der Waals surface area (Å²) in [5.74, 6) is -0.685. The summed E-state index contributed by atoms with van der Waals surface area (Å²) >= 11 is 0. The van der Waals surface area contributed by atoms with Crippen LogP contribution in [0.3, 0.4) is 0 Å². The Balaban J connectivity index is 1.61. The first-order valence-corrected chi connectivity index (χ1v) is 11.8. The van der Waals surface area contributed by atoms with E-state index in [-0.39, 0.29) is 31.2 Å².